The number of aryl methyl sites for hydroxylation is 1. The van der Waals surface area contributed by atoms with Crippen molar-refractivity contribution in [2.45, 2.75) is 61.8 Å². The van der Waals surface area contributed by atoms with Gasteiger partial charge in [0.05, 0.1) is 0 Å². The van der Waals surface area contributed by atoms with E-state index in [0.29, 0.717) is 0 Å². The Morgan fingerprint density at radius 3 is 1.53 bits per heavy atom. The zero-order valence-electron chi connectivity index (χ0n) is 13.4. The zero-order valence-corrected chi connectivity index (χ0v) is 13.4. The highest BCUT2D eigenvalue weighted by atomic mass is 15.1. The lowest BCUT2D eigenvalue weighted by Gasteiger charge is -2.08. The fourth-order valence-electron chi connectivity index (χ4n) is 1.63. The Balaban J connectivity index is -0.000000205. The number of rotatable bonds is 1. The summed E-state index contributed by atoms with van der Waals surface area (Å²) in [5.74, 6) is 0. The van der Waals surface area contributed by atoms with Gasteiger partial charge in [-0.3, -0.25) is 0 Å². The number of benzene rings is 1. The third kappa shape index (κ3) is 15.1. The molecule has 19 heavy (non-hydrogen) atoms. The second kappa shape index (κ2) is 19.5. The molecule has 1 aliphatic rings. The van der Waals surface area contributed by atoms with Crippen LogP contribution in [0.2, 0.25) is 0 Å². The molecule has 0 unspecified atom stereocenters. The molecule has 114 valence electrons. The van der Waals surface area contributed by atoms with E-state index in [2.05, 4.69) is 30.9 Å². The van der Waals surface area contributed by atoms with Crippen LogP contribution in [-0.2, 0) is 0 Å². The summed E-state index contributed by atoms with van der Waals surface area (Å²) < 4.78 is 0. The average molecular weight is 268 g/mol. The molecule has 1 heteroatoms. The minimum atomic E-state index is 0. The summed E-state index contributed by atoms with van der Waals surface area (Å²) in [6.45, 7) is 16.2. The monoisotopic (exact) mass is 267 g/mol. The van der Waals surface area contributed by atoms with E-state index in [0.717, 1.165) is 0 Å². The van der Waals surface area contributed by atoms with Gasteiger partial charge in [-0.05, 0) is 39.4 Å². The zero-order chi connectivity index (χ0) is 14.2. The topological polar surface area (TPSA) is 3.24 Å². The van der Waals surface area contributed by atoms with E-state index in [4.69, 9.17) is 0 Å². The van der Waals surface area contributed by atoms with Crippen molar-refractivity contribution in [2.24, 2.45) is 0 Å². The fourth-order valence-corrected chi connectivity index (χ4v) is 1.63. The highest BCUT2D eigenvalue weighted by molar-refractivity contribution is 5.11. The third-order valence-corrected chi connectivity index (χ3v) is 2.59. The summed E-state index contributed by atoms with van der Waals surface area (Å²) in [6, 6.07) is 10.3. The third-order valence-electron chi connectivity index (χ3n) is 2.59. The van der Waals surface area contributed by atoms with Crippen LogP contribution in [0.25, 0.3) is 0 Å². The van der Waals surface area contributed by atoms with Crippen molar-refractivity contribution in [3.05, 3.63) is 35.9 Å². The summed E-state index contributed by atoms with van der Waals surface area (Å²) in [5.41, 5.74) is 1.32. The quantitative estimate of drug-likeness (QED) is 0.623. The first-order chi connectivity index (χ1) is 8.83. The van der Waals surface area contributed by atoms with Crippen molar-refractivity contribution in [2.75, 3.05) is 19.6 Å². The molecule has 1 aromatic rings. The number of likely N-dealkylation sites (tertiary alicyclic amines) is 1. The highest BCUT2D eigenvalue weighted by Gasteiger charge is 2.06. The molecule has 0 aliphatic carbocycles. The van der Waals surface area contributed by atoms with E-state index < -0.39 is 0 Å². The predicted molar refractivity (Wildman–Crippen MR) is 92.0 cm³/mol. The molecular weight excluding hydrogens is 230 g/mol. The van der Waals surface area contributed by atoms with Crippen LogP contribution in [0.5, 0.6) is 0 Å². The van der Waals surface area contributed by atoms with Gasteiger partial charge in [0.15, 0.2) is 0 Å². The molecule has 0 radical (unpaired) electrons. The molecule has 0 amide bonds. The predicted octanol–water partition coefficient (Wildman–Crippen LogP) is 5.79. The van der Waals surface area contributed by atoms with E-state index in [1.807, 2.05) is 45.9 Å². The maximum atomic E-state index is 2.49. The molecular formula is C18H37N. The maximum absolute atomic E-state index is 2.49. The molecule has 1 nitrogen and oxygen atoms in total. The van der Waals surface area contributed by atoms with Crippen molar-refractivity contribution in [1.82, 2.24) is 4.90 Å². The van der Waals surface area contributed by atoms with E-state index in [-0.39, 0.29) is 7.43 Å². The van der Waals surface area contributed by atoms with Gasteiger partial charge < -0.3 is 4.90 Å². The largest absolute Gasteiger partial charge is 0.304 e. The molecule has 0 N–H and O–H groups in total. The first-order valence-electron chi connectivity index (χ1n) is 7.57. The fraction of sp³-hybridized carbons (Fsp3) is 0.667. The Labute approximate surface area is 123 Å². The summed E-state index contributed by atoms with van der Waals surface area (Å²) in [7, 11) is 0. The van der Waals surface area contributed by atoms with Crippen molar-refractivity contribution in [3.8, 4) is 0 Å². The Kier molecular flexibility index (Phi) is 23.9. The SMILES string of the molecule is C.CC.CC.CCN1CCCC1.Cc1ccccc1. The van der Waals surface area contributed by atoms with Gasteiger partial charge in [0.1, 0.15) is 0 Å². The summed E-state index contributed by atoms with van der Waals surface area (Å²) in [6.07, 6.45) is 2.85. The molecule has 2 rings (SSSR count). The Morgan fingerprint density at radius 1 is 0.895 bits per heavy atom. The number of hydrogen-bond acceptors (Lipinski definition) is 1. The van der Waals surface area contributed by atoms with E-state index in [1.54, 1.807) is 0 Å². The van der Waals surface area contributed by atoms with Crippen molar-refractivity contribution in [3.63, 3.8) is 0 Å². The van der Waals surface area contributed by atoms with Gasteiger partial charge in [0, 0.05) is 0 Å². The Morgan fingerprint density at radius 2 is 1.32 bits per heavy atom. The first kappa shape index (κ1) is 23.3. The van der Waals surface area contributed by atoms with Crippen molar-refractivity contribution in [1.29, 1.82) is 0 Å². The van der Waals surface area contributed by atoms with Crippen LogP contribution < -0.4 is 0 Å². The second-order valence-electron chi connectivity index (χ2n) is 3.80. The average Bonchev–Trinajstić information content (AvgIpc) is 2.98. The first-order valence-corrected chi connectivity index (χ1v) is 7.57. The van der Waals surface area contributed by atoms with Crippen LogP contribution in [0.1, 0.15) is 60.5 Å². The lowest BCUT2D eigenvalue weighted by Crippen LogP contribution is -2.17. The van der Waals surface area contributed by atoms with Crippen LogP contribution in [-0.4, -0.2) is 24.5 Å². The summed E-state index contributed by atoms with van der Waals surface area (Å²) >= 11 is 0. The minimum Gasteiger partial charge on any atom is -0.304 e. The van der Waals surface area contributed by atoms with E-state index in [1.165, 1.54) is 38.0 Å². The van der Waals surface area contributed by atoms with Crippen molar-refractivity contribution < 1.29 is 0 Å². The highest BCUT2D eigenvalue weighted by Crippen LogP contribution is 2.04. The Hall–Kier alpha value is -0.820. The standard InChI is InChI=1S/C7H8.C6H13N.2C2H6.CH4/c1-7-5-3-2-4-6-7;1-2-7-5-3-4-6-7;2*1-2;/h2-6H,1H3;2-6H2,1H3;2*1-2H3;1H4. The molecule has 0 spiro atoms. The summed E-state index contributed by atoms with van der Waals surface area (Å²) in [5, 5.41) is 0. The molecule has 0 saturated carbocycles. The van der Waals surface area contributed by atoms with Gasteiger partial charge in [-0.1, -0.05) is 77.9 Å². The number of nitrogens with zero attached hydrogens (tertiary/aromatic N) is 1. The van der Waals surface area contributed by atoms with Gasteiger partial charge in [-0.25, -0.2) is 0 Å². The van der Waals surface area contributed by atoms with Gasteiger partial charge >= 0.3 is 0 Å². The molecule has 0 aromatic heterocycles. The van der Waals surface area contributed by atoms with Crippen LogP contribution in [0.3, 0.4) is 0 Å². The van der Waals surface area contributed by atoms with E-state index >= 15 is 0 Å². The maximum Gasteiger partial charge on any atom is -0.00184 e. The van der Waals surface area contributed by atoms with Gasteiger partial charge in [-0.2, -0.15) is 0 Å². The molecule has 1 aliphatic heterocycles. The minimum absolute atomic E-state index is 0. The van der Waals surface area contributed by atoms with Crippen LogP contribution in [0, 0.1) is 6.92 Å². The molecule has 1 heterocycles. The molecule has 1 fully saturated rings. The van der Waals surface area contributed by atoms with Gasteiger partial charge in [0.25, 0.3) is 0 Å². The van der Waals surface area contributed by atoms with E-state index in [9.17, 15) is 0 Å². The van der Waals surface area contributed by atoms with Crippen LogP contribution in [0.4, 0.5) is 0 Å². The van der Waals surface area contributed by atoms with Gasteiger partial charge in [0.2, 0.25) is 0 Å². The molecule has 0 atom stereocenters. The second-order valence-corrected chi connectivity index (χ2v) is 3.80. The molecule has 1 saturated heterocycles. The molecule has 0 bridgehead atoms. The Bertz CT molecular complexity index is 225. The smallest absolute Gasteiger partial charge is 0.00184 e. The lowest BCUT2D eigenvalue weighted by molar-refractivity contribution is 0.359. The van der Waals surface area contributed by atoms with Gasteiger partial charge in [-0.15, -0.1) is 0 Å². The van der Waals surface area contributed by atoms with Crippen LogP contribution in [0.15, 0.2) is 30.3 Å². The van der Waals surface area contributed by atoms with Crippen molar-refractivity contribution >= 4 is 0 Å². The normalized spacial score (nSPS) is 12.5. The summed E-state index contributed by atoms with van der Waals surface area (Å²) in [4.78, 5) is 2.49. The number of hydrogen-bond donors (Lipinski definition) is 0. The molecule has 1 aromatic carbocycles. The van der Waals surface area contributed by atoms with Crippen LogP contribution >= 0.6 is 0 Å². The lowest BCUT2D eigenvalue weighted by atomic mass is 10.2.